The highest BCUT2D eigenvalue weighted by Gasteiger charge is 2.44. The lowest BCUT2D eigenvalue weighted by atomic mass is 9.83. The van der Waals surface area contributed by atoms with Crippen molar-refractivity contribution < 1.29 is 4.48 Å². The molecule has 1 heteroatoms. The van der Waals surface area contributed by atoms with Crippen molar-refractivity contribution in [3.8, 4) is 0 Å². The Bertz CT molecular complexity index is 750. The van der Waals surface area contributed by atoms with Crippen LogP contribution >= 0.6 is 0 Å². The van der Waals surface area contributed by atoms with E-state index >= 15 is 0 Å². The van der Waals surface area contributed by atoms with Crippen LogP contribution in [-0.4, -0.2) is 30.7 Å². The third kappa shape index (κ3) is 1.74. The van der Waals surface area contributed by atoms with Gasteiger partial charge in [0.1, 0.15) is 6.54 Å². The Morgan fingerprint density at radius 3 is 2.71 bits per heavy atom. The van der Waals surface area contributed by atoms with E-state index in [4.69, 9.17) is 0 Å². The normalized spacial score (nSPS) is 25.9. The summed E-state index contributed by atoms with van der Waals surface area (Å²) in [6.45, 7) is 5.57. The molecule has 2 aromatic rings. The second-order valence-electron chi connectivity index (χ2n) is 7.32. The zero-order chi connectivity index (χ0) is 13.9. The summed E-state index contributed by atoms with van der Waals surface area (Å²) in [4.78, 5) is 0. The molecule has 1 nitrogen and oxygen atoms in total. The summed E-state index contributed by atoms with van der Waals surface area (Å²) in [5.74, 6) is 0.816. The number of quaternary nitrogens is 1. The molecule has 2 heterocycles. The first-order valence-corrected chi connectivity index (χ1v) is 8.39. The van der Waals surface area contributed by atoms with Crippen LogP contribution in [0.2, 0.25) is 0 Å². The molecule has 2 fully saturated rings. The minimum absolute atomic E-state index is 0.816. The maximum atomic E-state index is 2.55. The van der Waals surface area contributed by atoms with Gasteiger partial charge in [-0.1, -0.05) is 36.4 Å². The molecular weight excluding hydrogens is 254 g/mol. The molecule has 2 aliphatic heterocycles. The Balaban J connectivity index is 1.63. The molecule has 2 saturated heterocycles. The molecule has 1 unspecified atom stereocenters. The average Bonchev–Trinajstić information content (AvgIpc) is 3.11. The van der Waals surface area contributed by atoms with E-state index in [-0.39, 0.29) is 0 Å². The van der Waals surface area contributed by atoms with Crippen molar-refractivity contribution in [1.29, 1.82) is 0 Å². The molecule has 106 valence electrons. The summed E-state index contributed by atoms with van der Waals surface area (Å²) < 4.78 is 1.39. The molecule has 5 rings (SSSR count). The molecule has 3 aliphatic rings. The molecule has 0 N–H and O–H groups in total. The molecule has 21 heavy (non-hydrogen) atoms. The van der Waals surface area contributed by atoms with Crippen LogP contribution in [0.3, 0.4) is 0 Å². The van der Waals surface area contributed by atoms with Gasteiger partial charge in [0.25, 0.3) is 0 Å². The fourth-order valence-electron chi connectivity index (χ4n) is 5.01. The Hall–Kier alpha value is -1.60. The van der Waals surface area contributed by atoms with Crippen LogP contribution in [0.5, 0.6) is 0 Å². The lowest BCUT2D eigenvalue weighted by Gasteiger charge is -2.28. The van der Waals surface area contributed by atoms with Gasteiger partial charge in [0.15, 0.2) is 0 Å². The highest BCUT2D eigenvalue weighted by molar-refractivity contribution is 5.93. The number of fused-ring (bicyclic) bond motifs is 4. The van der Waals surface area contributed by atoms with E-state index in [1.807, 2.05) is 0 Å². The van der Waals surface area contributed by atoms with Crippen LogP contribution in [0.1, 0.15) is 24.0 Å². The van der Waals surface area contributed by atoms with Gasteiger partial charge in [-0.3, -0.25) is 0 Å². The van der Waals surface area contributed by atoms with E-state index in [9.17, 15) is 0 Å². The van der Waals surface area contributed by atoms with Gasteiger partial charge in [-0.15, -0.1) is 0 Å². The van der Waals surface area contributed by atoms with Gasteiger partial charge < -0.3 is 4.48 Å². The maximum Gasteiger partial charge on any atom is 0.101 e. The summed E-state index contributed by atoms with van der Waals surface area (Å²) in [5, 5.41) is 2.83. The van der Waals surface area contributed by atoms with Crippen LogP contribution in [0, 0.1) is 5.92 Å². The predicted molar refractivity (Wildman–Crippen MR) is 88.1 cm³/mol. The predicted octanol–water partition coefficient (Wildman–Crippen LogP) is 4.02. The number of nitrogens with zero attached hydrogens (tertiary/aromatic N) is 1. The van der Waals surface area contributed by atoms with Crippen molar-refractivity contribution in [3.63, 3.8) is 0 Å². The molecule has 0 amide bonds. The van der Waals surface area contributed by atoms with E-state index in [0.29, 0.717) is 0 Å². The molecule has 1 atom stereocenters. The minimum Gasteiger partial charge on any atom is -0.320 e. The lowest BCUT2D eigenvalue weighted by Crippen LogP contribution is -2.42. The van der Waals surface area contributed by atoms with Crippen molar-refractivity contribution in [2.24, 2.45) is 5.92 Å². The number of hydrogen-bond donors (Lipinski definition) is 0. The first-order valence-electron chi connectivity index (χ1n) is 8.39. The lowest BCUT2D eigenvalue weighted by molar-refractivity contribution is -0.904. The second-order valence-corrected chi connectivity index (χ2v) is 7.32. The van der Waals surface area contributed by atoms with Crippen LogP contribution < -0.4 is 0 Å². The first-order chi connectivity index (χ1) is 10.3. The molecule has 0 saturated carbocycles. The molecule has 1 aliphatic carbocycles. The van der Waals surface area contributed by atoms with E-state index in [0.717, 1.165) is 5.92 Å². The standard InChI is InChI=1S/C20H22N/c1-2-6-19-15(5-1)7-8-16-11-17-13-21(9-3-4-10-21)14-18(17)12-20(16)19/h1-2,5-8,12,17H,3-4,9-11,13-14H2/q+1. The third-order valence-electron chi connectivity index (χ3n) is 6.02. The largest absolute Gasteiger partial charge is 0.320 e. The highest BCUT2D eigenvalue weighted by Crippen LogP contribution is 2.41. The van der Waals surface area contributed by atoms with Crippen molar-refractivity contribution >= 4 is 16.8 Å². The summed E-state index contributed by atoms with van der Waals surface area (Å²) in [6.07, 6.45) is 6.70. The van der Waals surface area contributed by atoms with Gasteiger partial charge in [0.05, 0.1) is 19.6 Å². The summed E-state index contributed by atoms with van der Waals surface area (Å²) in [5.41, 5.74) is 4.82. The van der Waals surface area contributed by atoms with E-state index in [2.05, 4.69) is 42.5 Å². The van der Waals surface area contributed by atoms with Gasteiger partial charge in [-0.25, -0.2) is 0 Å². The van der Waals surface area contributed by atoms with Gasteiger partial charge in [0.2, 0.25) is 0 Å². The quantitative estimate of drug-likeness (QED) is 0.638. The molecule has 1 spiro atoms. The van der Waals surface area contributed by atoms with Crippen molar-refractivity contribution in [2.75, 3.05) is 26.2 Å². The Morgan fingerprint density at radius 2 is 1.81 bits per heavy atom. The SMILES string of the molecule is C1=C2C[N+]3(CCCC3)CC2Cc2ccc3ccccc3c21. The zero-order valence-electron chi connectivity index (χ0n) is 12.5. The van der Waals surface area contributed by atoms with Crippen LogP contribution in [0.25, 0.3) is 16.8 Å². The minimum atomic E-state index is 0.816. The number of rotatable bonds is 0. The highest BCUT2D eigenvalue weighted by atomic mass is 15.4. The smallest absolute Gasteiger partial charge is 0.101 e. The van der Waals surface area contributed by atoms with Gasteiger partial charge in [-0.05, 0) is 40.0 Å². The average molecular weight is 276 g/mol. The van der Waals surface area contributed by atoms with Crippen LogP contribution in [-0.2, 0) is 6.42 Å². The second kappa shape index (κ2) is 4.20. The van der Waals surface area contributed by atoms with Crippen molar-refractivity contribution in [1.82, 2.24) is 0 Å². The molecular formula is C20H22N+. The third-order valence-corrected chi connectivity index (χ3v) is 6.02. The molecule has 0 bridgehead atoms. The Labute approximate surface area is 126 Å². The first kappa shape index (κ1) is 12.0. The fourth-order valence-corrected chi connectivity index (χ4v) is 5.01. The summed E-state index contributed by atoms with van der Waals surface area (Å²) >= 11 is 0. The topological polar surface area (TPSA) is 0 Å². The molecule has 0 aromatic heterocycles. The number of benzene rings is 2. The van der Waals surface area contributed by atoms with Gasteiger partial charge in [-0.2, -0.15) is 0 Å². The Kier molecular flexibility index (Phi) is 2.40. The summed E-state index contributed by atoms with van der Waals surface area (Å²) in [6, 6.07) is 13.5. The monoisotopic (exact) mass is 276 g/mol. The maximum absolute atomic E-state index is 2.55. The van der Waals surface area contributed by atoms with Crippen molar-refractivity contribution in [3.05, 3.63) is 53.1 Å². The van der Waals surface area contributed by atoms with Crippen LogP contribution in [0.4, 0.5) is 0 Å². The van der Waals surface area contributed by atoms with Crippen molar-refractivity contribution in [2.45, 2.75) is 19.3 Å². The van der Waals surface area contributed by atoms with Gasteiger partial charge in [0, 0.05) is 18.8 Å². The number of hydrogen-bond acceptors (Lipinski definition) is 0. The molecule has 0 radical (unpaired) electrons. The van der Waals surface area contributed by atoms with E-state index < -0.39 is 0 Å². The van der Waals surface area contributed by atoms with Crippen LogP contribution in [0.15, 0.2) is 42.0 Å². The van der Waals surface area contributed by atoms with E-state index in [1.54, 1.807) is 11.1 Å². The summed E-state index contributed by atoms with van der Waals surface area (Å²) in [7, 11) is 0. The molecule has 2 aromatic carbocycles. The Morgan fingerprint density at radius 1 is 0.952 bits per heavy atom. The zero-order valence-corrected chi connectivity index (χ0v) is 12.5. The fraction of sp³-hybridized carbons (Fsp3) is 0.400. The van der Waals surface area contributed by atoms with E-state index in [1.165, 1.54) is 66.3 Å². The van der Waals surface area contributed by atoms with Gasteiger partial charge >= 0.3 is 0 Å².